The van der Waals surface area contributed by atoms with Gasteiger partial charge in [0.15, 0.2) is 0 Å². The molecule has 0 saturated heterocycles. The van der Waals surface area contributed by atoms with Crippen molar-refractivity contribution >= 4 is 34.1 Å². The van der Waals surface area contributed by atoms with E-state index in [9.17, 15) is 14.4 Å². The number of hydrogen-bond acceptors (Lipinski definition) is 6. The van der Waals surface area contributed by atoms with Crippen LogP contribution in [-0.4, -0.2) is 28.5 Å². The van der Waals surface area contributed by atoms with Gasteiger partial charge in [-0.05, 0) is 54.8 Å². The zero-order chi connectivity index (χ0) is 22.7. The maximum atomic E-state index is 13.0. The minimum Gasteiger partial charge on any atom is -0.469 e. The lowest BCUT2D eigenvalue weighted by molar-refractivity contribution is -0.141. The summed E-state index contributed by atoms with van der Waals surface area (Å²) in [5, 5.41) is 5.31. The lowest BCUT2D eigenvalue weighted by atomic mass is 10.1. The van der Waals surface area contributed by atoms with Gasteiger partial charge >= 0.3 is 5.97 Å². The van der Waals surface area contributed by atoms with E-state index >= 15 is 0 Å². The van der Waals surface area contributed by atoms with Crippen molar-refractivity contribution in [3.8, 4) is 5.69 Å². The molecule has 8 heteroatoms. The quantitative estimate of drug-likeness (QED) is 0.454. The van der Waals surface area contributed by atoms with Crippen LogP contribution in [0.15, 0.2) is 70.8 Å². The standard InChI is InChI=1S/C24H21N3O4S/c1-15-25-19-7-4-3-6-18(19)24(30)27(15)17-11-9-16(10-12-17)23(29)26-20(14-22(28)31-2)21-8-5-13-32-21/h3-13,20H,14H2,1-2H3,(H,26,29). The third kappa shape index (κ3) is 4.31. The summed E-state index contributed by atoms with van der Waals surface area (Å²) in [6, 6.07) is 17.2. The van der Waals surface area contributed by atoms with E-state index in [4.69, 9.17) is 4.74 Å². The van der Waals surface area contributed by atoms with Crippen molar-refractivity contribution in [1.29, 1.82) is 0 Å². The van der Waals surface area contributed by atoms with Crippen LogP contribution in [0.3, 0.4) is 0 Å². The predicted molar refractivity (Wildman–Crippen MR) is 123 cm³/mol. The number of rotatable bonds is 6. The fourth-order valence-corrected chi connectivity index (χ4v) is 4.29. The van der Waals surface area contributed by atoms with Crippen LogP contribution in [0.2, 0.25) is 0 Å². The Labute approximate surface area is 188 Å². The molecule has 162 valence electrons. The van der Waals surface area contributed by atoms with Crippen LogP contribution in [0.1, 0.15) is 33.5 Å². The molecule has 0 radical (unpaired) electrons. The highest BCUT2D eigenvalue weighted by Crippen LogP contribution is 2.23. The Morgan fingerprint density at radius 2 is 1.84 bits per heavy atom. The third-order valence-electron chi connectivity index (χ3n) is 5.12. The van der Waals surface area contributed by atoms with Crippen LogP contribution in [0, 0.1) is 6.92 Å². The summed E-state index contributed by atoms with van der Waals surface area (Å²) in [6.45, 7) is 1.77. The van der Waals surface area contributed by atoms with Crippen molar-refractivity contribution in [2.45, 2.75) is 19.4 Å². The Kier molecular flexibility index (Phi) is 6.13. The van der Waals surface area contributed by atoms with Crippen LogP contribution in [0.5, 0.6) is 0 Å². The lowest BCUT2D eigenvalue weighted by Gasteiger charge is -2.17. The number of esters is 1. The molecule has 2 aromatic carbocycles. The van der Waals surface area contributed by atoms with Crippen molar-refractivity contribution in [2.75, 3.05) is 7.11 Å². The number of nitrogens with zero attached hydrogens (tertiary/aromatic N) is 2. The summed E-state index contributed by atoms with van der Waals surface area (Å²) >= 11 is 1.46. The van der Waals surface area contributed by atoms with Crippen molar-refractivity contribution in [3.05, 3.63) is 92.7 Å². The van der Waals surface area contributed by atoms with Gasteiger partial charge in [0.05, 0.1) is 36.2 Å². The minimum atomic E-state index is -0.482. The normalized spacial score (nSPS) is 11.8. The molecule has 1 unspecified atom stereocenters. The molecule has 1 amide bonds. The second-order valence-electron chi connectivity index (χ2n) is 7.19. The third-order valence-corrected chi connectivity index (χ3v) is 6.11. The number of amides is 1. The Hall–Kier alpha value is -3.78. The SMILES string of the molecule is COC(=O)CC(NC(=O)c1ccc(-n2c(C)nc3ccccc3c2=O)cc1)c1cccs1. The summed E-state index contributed by atoms with van der Waals surface area (Å²) in [5.74, 6) is -0.168. The summed E-state index contributed by atoms with van der Waals surface area (Å²) in [4.78, 5) is 43.0. The van der Waals surface area contributed by atoms with Gasteiger partial charge in [-0.2, -0.15) is 0 Å². The van der Waals surface area contributed by atoms with E-state index < -0.39 is 12.0 Å². The number of nitrogens with one attached hydrogen (secondary N) is 1. The van der Waals surface area contributed by atoms with E-state index in [1.807, 2.05) is 23.6 Å². The Morgan fingerprint density at radius 1 is 1.09 bits per heavy atom. The van der Waals surface area contributed by atoms with Crippen LogP contribution >= 0.6 is 11.3 Å². The first kappa shape index (κ1) is 21.5. The molecule has 0 saturated carbocycles. The molecular weight excluding hydrogens is 426 g/mol. The van der Waals surface area contributed by atoms with Gasteiger partial charge in [0.25, 0.3) is 11.5 Å². The van der Waals surface area contributed by atoms with Gasteiger partial charge in [-0.1, -0.05) is 18.2 Å². The largest absolute Gasteiger partial charge is 0.469 e. The Balaban J connectivity index is 1.60. The van der Waals surface area contributed by atoms with Gasteiger partial charge in [0.2, 0.25) is 0 Å². The summed E-state index contributed by atoms with van der Waals surface area (Å²) in [6.07, 6.45) is 0.0399. The fraction of sp³-hybridized carbons (Fsp3) is 0.167. The highest BCUT2D eigenvalue weighted by Gasteiger charge is 2.21. The molecule has 7 nitrogen and oxygen atoms in total. The Bertz CT molecular complexity index is 1330. The van der Waals surface area contributed by atoms with E-state index in [1.165, 1.54) is 23.0 Å². The van der Waals surface area contributed by atoms with Crippen LogP contribution in [0.25, 0.3) is 16.6 Å². The second kappa shape index (κ2) is 9.15. The number of carbonyl (C=O) groups excluding carboxylic acids is 2. The van der Waals surface area contributed by atoms with Crippen molar-refractivity contribution in [1.82, 2.24) is 14.9 Å². The molecule has 0 aliphatic carbocycles. The summed E-state index contributed by atoms with van der Waals surface area (Å²) in [7, 11) is 1.32. The average Bonchev–Trinajstić information content (AvgIpc) is 3.34. The number of ether oxygens (including phenoxy) is 1. The number of fused-ring (bicyclic) bond motifs is 1. The van der Waals surface area contributed by atoms with Gasteiger partial charge < -0.3 is 10.1 Å². The fourth-order valence-electron chi connectivity index (χ4n) is 3.51. The van der Waals surface area contributed by atoms with Crippen molar-refractivity contribution in [2.24, 2.45) is 0 Å². The summed E-state index contributed by atoms with van der Waals surface area (Å²) < 4.78 is 6.28. The van der Waals surface area contributed by atoms with Gasteiger partial charge in [-0.3, -0.25) is 19.0 Å². The zero-order valence-electron chi connectivity index (χ0n) is 17.6. The second-order valence-corrected chi connectivity index (χ2v) is 8.16. The monoisotopic (exact) mass is 447 g/mol. The molecule has 4 rings (SSSR count). The van der Waals surface area contributed by atoms with Crippen LogP contribution in [-0.2, 0) is 9.53 Å². The number of para-hydroxylation sites is 1. The molecule has 0 fully saturated rings. The molecule has 0 aliphatic heterocycles. The van der Waals surface area contributed by atoms with E-state index in [-0.39, 0.29) is 17.9 Å². The van der Waals surface area contributed by atoms with E-state index in [1.54, 1.807) is 49.4 Å². The van der Waals surface area contributed by atoms with E-state index in [0.29, 0.717) is 28.0 Å². The first-order valence-corrected chi connectivity index (χ1v) is 10.9. The molecule has 2 aromatic heterocycles. The first-order valence-electron chi connectivity index (χ1n) is 9.98. The number of aromatic nitrogens is 2. The van der Waals surface area contributed by atoms with Crippen LogP contribution in [0.4, 0.5) is 0 Å². The van der Waals surface area contributed by atoms with Crippen molar-refractivity contribution < 1.29 is 14.3 Å². The molecule has 1 N–H and O–H groups in total. The molecule has 0 spiro atoms. The molecule has 1 atom stereocenters. The zero-order valence-corrected chi connectivity index (χ0v) is 18.4. The van der Waals surface area contributed by atoms with Gasteiger partial charge in [0.1, 0.15) is 5.82 Å². The number of carbonyl (C=O) groups is 2. The lowest BCUT2D eigenvalue weighted by Crippen LogP contribution is -2.30. The van der Waals surface area contributed by atoms with Crippen LogP contribution < -0.4 is 10.9 Å². The minimum absolute atomic E-state index is 0.0399. The number of hydrogen-bond donors (Lipinski definition) is 1. The molecule has 0 aliphatic rings. The first-order chi connectivity index (χ1) is 15.5. The number of aryl methyl sites for hydroxylation is 1. The van der Waals surface area contributed by atoms with E-state index in [0.717, 1.165) is 4.88 Å². The topological polar surface area (TPSA) is 90.3 Å². The number of thiophene rings is 1. The van der Waals surface area contributed by atoms with Crippen molar-refractivity contribution in [3.63, 3.8) is 0 Å². The number of benzene rings is 2. The summed E-state index contributed by atoms with van der Waals surface area (Å²) in [5.41, 5.74) is 1.51. The maximum absolute atomic E-state index is 13.0. The highest BCUT2D eigenvalue weighted by molar-refractivity contribution is 7.10. The molecule has 32 heavy (non-hydrogen) atoms. The Morgan fingerprint density at radius 3 is 2.53 bits per heavy atom. The molecular formula is C24H21N3O4S. The molecule has 2 heterocycles. The predicted octanol–water partition coefficient (Wildman–Crippen LogP) is 3.79. The van der Waals surface area contributed by atoms with Gasteiger partial charge in [0, 0.05) is 10.4 Å². The highest BCUT2D eigenvalue weighted by atomic mass is 32.1. The van der Waals surface area contributed by atoms with E-state index in [2.05, 4.69) is 10.3 Å². The smallest absolute Gasteiger partial charge is 0.307 e. The number of methoxy groups -OCH3 is 1. The van der Waals surface area contributed by atoms with Gasteiger partial charge in [-0.15, -0.1) is 11.3 Å². The van der Waals surface area contributed by atoms with Gasteiger partial charge in [-0.25, -0.2) is 4.98 Å². The molecule has 4 aromatic rings. The molecule has 0 bridgehead atoms. The maximum Gasteiger partial charge on any atom is 0.307 e. The average molecular weight is 448 g/mol.